The van der Waals surface area contributed by atoms with Gasteiger partial charge in [0.25, 0.3) is 5.91 Å². The summed E-state index contributed by atoms with van der Waals surface area (Å²) in [5.74, 6) is -1.00. The molecule has 0 aliphatic carbocycles. The molecule has 0 aromatic heterocycles. The Kier molecular flexibility index (Phi) is 8.19. The number of benzene rings is 1. The summed E-state index contributed by atoms with van der Waals surface area (Å²) in [7, 11) is 0. The number of allylic oxidation sites excluding steroid dienone is 3. The second-order valence-electron chi connectivity index (χ2n) is 4.97. The molecular formula is C18H20ClF2NO2. The van der Waals surface area contributed by atoms with Crippen molar-refractivity contribution < 1.29 is 18.3 Å². The molecule has 1 unspecified atom stereocenters. The predicted molar refractivity (Wildman–Crippen MR) is 92.3 cm³/mol. The maximum absolute atomic E-state index is 13.0. The maximum atomic E-state index is 13.0. The third-order valence-electron chi connectivity index (χ3n) is 3.07. The van der Waals surface area contributed by atoms with E-state index in [4.69, 9.17) is 16.3 Å². The smallest absolute Gasteiger partial charge is 0.261 e. The second-order valence-corrected chi connectivity index (χ2v) is 5.38. The third kappa shape index (κ3) is 6.54. The molecular weight excluding hydrogens is 336 g/mol. The summed E-state index contributed by atoms with van der Waals surface area (Å²) in [6.07, 6.45) is 3.68. The molecule has 0 spiro atoms. The minimum absolute atomic E-state index is 0.0930. The summed E-state index contributed by atoms with van der Waals surface area (Å²) in [6, 6.07) is 3.69. The van der Waals surface area contributed by atoms with E-state index >= 15 is 0 Å². The van der Waals surface area contributed by atoms with Gasteiger partial charge in [0.15, 0.2) is 6.10 Å². The van der Waals surface area contributed by atoms with Gasteiger partial charge in [0.05, 0.1) is 5.02 Å². The van der Waals surface area contributed by atoms with Gasteiger partial charge in [0.1, 0.15) is 17.4 Å². The Morgan fingerprint density at radius 3 is 2.75 bits per heavy atom. The van der Waals surface area contributed by atoms with Crippen LogP contribution in [0.4, 0.5) is 8.78 Å². The number of rotatable bonds is 8. The number of carbonyl (C=O) groups is 1. The molecule has 1 aromatic rings. The van der Waals surface area contributed by atoms with Crippen LogP contribution in [-0.2, 0) is 4.79 Å². The van der Waals surface area contributed by atoms with Crippen molar-refractivity contribution in [2.45, 2.75) is 26.4 Å². The second kappa shape index (κ2) is 9.88. The minimum atomic E-state index is -0.781. The number of amides is 1. The predicted octanol–water partition coefficient (Wildman–Crippen LogP) is 4.74. The van der Waals surface area contributed by atoms with Crippen molar-refractivity contribution in [3.8, 4) is 5.75 Å². The average molecular weight is 356 g/mol. The maximum Gasteiger partial charge on any atom is 0.261 e. The number of halogens is 3. The lowest BCUT2D eigenvalue weighted by atomic mass is 10.2. The Balaban J connectivity index is 2.60. The van der Waals surface area contributed by atoms with Crippen LogP contribution < -0.4 is 10.1 Å². The molecule has 1 amide bonds. The van der Waals surface area contributed by atoms with Gasteiger partial charge in [-0.05, 0) is 43.2 Å². The Bertz CT molecular complexity index is 656. The Labute approximate surface area is 145 Å². The SMILES string of the molecule is C=C(C=CC(F)=CC)CNC(=O)C(CC)Oc1ccc(F)cc1Cl. The highest BCUT2D eigenvalue weighted by atomic mass is 35.5. The minimum Gasteiger partial charge on any atom is -0.479 e. The quantitative estimate of drug-likeness (QED) is 0.684. The molecule has 0 bridgehead atoms. The summed E-state index contributed by atoms with van der Waals surface area (Å²) in [5.41, 5.74) is 0.537. The first kappa shape index (κ1) is 19.9. The monoisotopic (exact) mass is 355 g/mol. The Morgan fingerprint density at radius 1 is 1.46 bits per heavy atom. The normalized spacial score (nSPS) is 13.0. The van der Waals surface area contributed by atoms with Crippen LogP contribution >= 0.6 is 11.6 Å². The summed E-state index contributed by atoms with van der Waals surface area (Å²) in [5, 5.41) is 2.75. The van der Waals surface area contributed by atoms with E-state index in [9.17, 15) is 13.6 Å². The molecule has 0 aliphatic heterocycles. The van der Waals surface area contributed by atoms with Gasteiger partial charge >= 0.3 is 0 Å². The van der Waals surface area contributed by atoms with Crippen molar-refractivity contribution in [1.29, 1.82) is 0 Å². The molecule has 130 valence electrons. The van der Waals surface area contributed by atoms with Gasteiger partial charge in [0, 0.05) is 6.54 Å². The molecule has 1 N–H and O–H groups in total. The van der Waals surface area contributed by atoms with E-state index in [0.717, 1.165) is 6.07 Å². The summed E-state index contributed by atoms with van der Waals surface area (Å²) in [4.78, 5) is 12.2. The highest BCUT2D eigenvalue weighted by molar-refractivity contribution is 6.32. The highest BCUT2D eigenvalue weighted by Gasteiger charge is 2.19. The third-order valence-corrected chi connectivity index (χ3v) is 3.37. The molecule has 0 saturated heterocycles. The lowest BCUT2D eigenvalue weighted by molar-refractivity contribution is -0.127. The van der Waals surface area contributed by atoms with Gasteiger partial charge in [-0.25, -0.2) is 8.78 Å². The van der Waals surface area contributed by atoms with E-state index in [0.29, 0.717) is 12.0 Å². The fourth-order valence-electron chi connectivity index (χ4n) is 1.71. The van der Waals surface area contributed by atoms with E-state index < -0.39 is 11.9 Å². The number of ether oxygens (including phenoxy) is 1. The number of hydrogen-bond donors (Lipinski definition) is 1. The topological polar surface area (TPSA) is 38.3 Å². The number of hydrogen-bond acceptors (Lipinski definition) is 2. The van der Waals surface area contributed by atoms with Gasteiger partial charge in [-0.15, -0.1) is 0 Å². The Hall–Kier alpha value is -2.14. The molecule has 1 rings (SSSR count). The molecule has 24 heavy (non-hydrogen) atoms. The van der Waals surface area contributed by atoms with E-state index in [1.165, 1.54) is 30.4 Å². The van der Waals surface area contributed by atoms with Gasteiger partial charge in [0.2, 0.25) is 0 Å². The van der Waals surface area contributed by atoms with E-state index in [-0.39, 0.29) is 29.1 Å². The number of carbonyl (C=O) groups excluding carboxylic acids is 1. The lowest BCUT2D eigenvalue weighted by Crippen LogP contribution is -2.38. The first-order valence-corrected chi connectivity index (χ1v) is 7.82. The van der Waals surface area contributed by atoms with Crippen molar-refractivity contribution >= 4 is 17.5 Å². The van der Waals surface area contributed by atoms with Crippen LogP contribution in [0, 0.1) is 5.82 Å². The van der Waals surface area contributed by atoms with Crippen molar-refractivity contribution in [3.63, 3.8) is 0 Å². The van der Waals surface area contributed by atoms with Crippen LogP contribution in [0.2, 0.25) is 5.02 Å². The van der Waals surface area contributed by atoms with Gasteiger partial charge in [-0.1, -0.05) is 37.3 Å². The zero-order valence-electron chi connectivity index (χ0n) is 13.6. The van der Waals surface area contributed by atoms with E-state index in [1.54, 1.807) is 13.8 Å². The van der Waals surface area contributed by atoms with Gasteiger partial charge in [-0.2, -0.15) is 0 Å². The number of nitrogens with one attached hydrogen (secondary N) is 1. The first-order chi connectivity index (χ1) is 11.4. The molecule has 0 heterocycles. The van der Waals surface area contributed by atoms with Crippen molar-refractivity contribution in [2.75, 3.05) is 6.54 Å². The molecule has 3 nitrogen and oxygen atoms in total. The van der Waals surface area contributed by atoms with Gasteiger partial charge < -0.3 is 10.1 Å². The zero-order valence-corrected chi connectivity index (χ0v) is 14.4. The molecule has 0 aliphatic rings. The van der Waals surface area contributed by atoms with Crippen molar-refractivity contribution in [3.05, 3.63) is 65.2 Å². The molecule has 6 heteroatoms. The highest BCUT2D eigenvalue weighted by Crippen LogP contribution is 2.26. The summed E-state index contributed by atoms with van der Waals surface area (Å²) in [6.45, 7) is 7.24. The van der Waals surface area contributed by atoms with Crippen LogP contribution in [0.15, 0.2) is 54.4 Å². The lowest BCUT2D eigenvalue weighted by Gasteiger charge is -2.18. The fourth-order valence-corrected chi connectivity index (χ4v) is 1.93. The van der Waals surface area contributed by atoms with Crippen LogP contribution in [0.3, 0.4) is 0 Å². The van der Waals surface area contributed by atoms with Crippen LogP contribution in [-0.4, -0.2) is 18.6 Å². The van der Waals surface area contributed by atoms with Crippen LogP contribution in [0.5, 0.6) is 5.75 Å². The summed E-state index contributed by atoms with van der Waals surface area (Å²) >= 11 is 5.89. The van der Waals surface area contributed by atoms with Gasteiger partial charge in [-0.3, -0.25) is 4.79 Å². The fraction of sp³-hybridized carbons (Fsp3) is 0.278. The molecule has 0 fully saturated rings. The van der Waals surface area contributed by atoms with Crippen LogP contribution in [0.25, 0.3) is 0 Å². The van der Waals surface area contributed by atoms with Crippen LogP contribution in [0.1, 0.15) is 20.3 Å². The van der Waals surface area contributed by atoms with Crippen molar-refractivity contribution in [1.82, 2.24) is 5.32 Å². The summed E-state index contributed by atoms with van der Waals surface area (Å²) < 4.78 is 31.5. The first-order valence-electron chi connectivity index (χ1n) is 7.44. The molecule has 0 saturated carbocycles. The molecule has 0 radical (unpaired) electrons. The average Bonchev–Trinajstić information content (AvgIpc) is 2.56. The zero-order chi connectivity index (χ0) is 18.1. The van der Waals surface area contributed by atoms with Crippen molar-refractivity contribution in [2.24, 2.45) is 0 Å². The molecule has 1 atom stereocenters. The van der Waals surface area contributed by atoms with E-state index in [1.807, 2.05) is 0 Å². The molecule has 1 aromatic carbocycles. The largest absolute Gasteiger partial charge is 0.479 e. The standard InChI is InChI=1S/C18H20ClF2NO2/c1-4-13(20)7-6-12(3)11-22-18(23)16(5-2)24-17-9-8-14(21)10-15(17)19/h4,6-10,16H,3,5,11H2,1-2H3,(H,22,23). The Morgan fingerprint density at radius 2 is 2.17 bits per heavy atom. The van der Waals surface area contributed by atoms with E-state index in [2.05, 4.69) is 11.9 Å².